The van der Waals surface area contributed by atoms with E-state index < -0.39 is 7.12 Å². The third-order valence-electron chi connectivity index (χ3n) is 3.90. The molecule has 0 unspecified atom stereocenters. The van der Waals surface area contributed by atoms with Gasteiger partial charge in [-0.05, 0) is 46.3 Å². The fraction of sp³-hybridized carbons (Fsp3) is 0.615. The first-order valence-electron chi connectivity index (χ1n) is 6.42. The van der Waals surface area contributed by atoms with Gasteiger partial charge in [0.1, 0.15) is 5.15 Å². The standard InChI is InChI=1S/C13H20BClN2O2/c1-12(2)13(3,4)19-14(18-12)10-6-7-17-11(15)9(10)8-16-5/h6-7,16H,8H2,1-5H3. The predicted octanol–water partition coefficient (Wildman–Crippen LogP) is 1.75. The van der Waals surface area contributed by atoms with Crippen molar-refractivity contribution in [3.63, 3.8) is 0 Å². The first-order valence-corrected chi connectivity index (χ1v) is 6.80. The van der Waals surface area contributed by atoms with Gasteiger partial charge < -0.3 is 14.6 Å². The predicted molar refractivity (Wildman–Crippen MR) is 77.7 cm³/mol. The van der Waals surface area contributed by atoms with Crippen molar-refractivity contribution in [2.24, 2.45) is 0 Å². The lowest BCUT2D eigenvalue weighted by Gasteiger charge is -2.32. The van der Waals surface area contributed by atoms with Crippen LogP contribution in [0.4, 0.5) is 0 Å². The van der Waals surface area contributed by atoms with Crippen LogP contribution in [0.25, 0.3) is 0 Å². The van der Waals surface area contributed by atoms with Crippen molar-refractivity contribution in [3.05, 3.63) is 23.0 Å². The van der Waals surface area contributed by atoms with E-state index in [1.165, 1.54) is 0 Å². The Kier molecular flexibility index (Phi) is 3.93. The molecule has 19 heavy (non-hydrogen) atoms. The number of nitrogens with one attached hydrogen (secondary N) is 1. The van der Waals surface area contributed by atoms with Crippen LogP contribution >= 0.6 is 11.6 Å². The summed E-state index contributed by atoms with van der Waals surface area (Å²) in [7, 11) is 1.46. The molecule has 0 aromatic carbocycles. The maximum Gasteiger partial charge on any atom is 0.495 e. The van der Waals surface area contributed by atoms with Gasteiger partial charge >= 0.3 is 7.12 Å². The smallest absolute Gasteiger partial charge is 0.399 e. The Bertz CT molecular complexity index is 464. The quantitative estimate of drug-likeness (QED) is 0.678. The number of rotatable bonds is 3. The molecule has 4 nitrogen and oxygen atoms in total. The minimum atomic E-state index is -0.408. The third-order valence-corrected chi connectivity index (χ3v) is 4.23. The molecule has 1 N–H and O–H groups in total. The van der Waals surface area contributed by atoms with Gasteiger partial charge in [0.05, 0.1) is 11.2 Å². The van der Waals surface area contributed by atoms with E-state index in [0.29, 0.717) is 11.7 Å². The van der Waals surface area contributed by atoms with E-state index in [1.54, 1.807) is 6.20 Å². The molecule has 6 heteroatoms. The molecule has 1 aromatic rings. The second kappa shape index (κ2) is 5.06. The number of aromatic nitrogens is 1. The topological polar surface area (TPSA) is 43.4 Å². The molecule has 0 amide bonds. The van der Waals surface area contributed by atoms with Gasteiger partial charge in [-0.3, -0.25) is 0 Å². The minimum Gasteiger partial charge on any atom is -0.399 e. The summed E-state index contributed by atoms with van der Waals surface area (Å²) in [6.45, 7) is 8.77. The van der Waals surface area contributed by atoms with Crippen LogP contribution in [0, 0.1) is 0 Å². The molecule has 0 radical (unpaired) electrons. The maximum atomic E-state index is 6.17. The van der Waals surface area contributed by atoms with Crippen molar-refractivity contribution in [3.8, 4) is 0 Å². The Morgan fingerprint density at radius 3 is 2.37 bits per heavy atom. The summed E-state index contributed by atoms with van der Waals surface area (Å²) < 4.78 is 12.1. The molecule has 1 saturated heterocycles. The molecule has 0 aliphatic carbocycles. The van der Waals surface area contributed by atoms with Crippen LogP contribution in [0.1, 0.15) is 33.3 Å². The Morgan fingerprint density at radius 1 is 1.26 bits per heavy atom. The number of halogens is 1. The van der Waals surface area contributed by atoms with Gasteiger partial charge in [0.25, 0.3) is 0 Å². The van der Waals surface area contributed by atoms with Crippen LogP contribution < -0.4 is 10.8 Å². The normalized spacial score (nSPS) is 20.8. The fourth-order valence-corrected chi connectivity index (χ4v) is 2.26. The van der Waals surface area contributed by atoms with Gasteiger partial charge in [-0.25, -0.2) is 4.98 Å². The highest BCUT2D eigenvalue weighted by molar-refractivity contribution is 6.63. The number of pyridine rings is 1. The van der Waals surface area contributed by atoms with Crippen molar-refractivity contribution in [2.75, 3.05) is 7.05 Å². The van der Waals surface area contributed by atoms with Crippen LogP contribution in [0.3, 0.4) is 0 Å². The van der Waals surface area contributed by atoms with E-state index in [1.807, 2.05) is 40.8 Å². The molecule has 1 aromatic heterocycles. The molecule has 0 bridgehead atoms. The lowest BCUT2D eigenvalue weighted by Crippen LogP contribution is -2.41. The highest BCUT2D eigenvalue weighted by Gasteiger charge is 2.52. The first-order chi connectivity index (χ1) is 8.78. The first kappa shape index (κ1) is 14.8. The van der Waals surface area contributed by atoms with Gasteiger partial charge in [0.15, 0.2) is 0 Å². The van der Waals surface area contributed by atoms with Crippen molar-refractivity contribution in [1.82, 2.24) is 10.3 Å². The zero-order valence-corrected chi connectivity index (χ0v) is 12.8. The van der Waals surface area contributed by atoms with Crippen LogP contribution in [0.15, 0.2) is 12.3 Å². The van der Waals surface area contributed by atoms with Crippen LogP contribution in [0.5, 0.6) is 0 Å². The van der Waals surface area contributed by atoms with E-state index in [2.05, 4.69) is 10.3 Å². The second-order valence-electron chi connectivity index (χ2n) is 5.79. The fourth-order valence-electron chi connectivity index (χ4n) is 2.02. The zero-order valence-electron chi connectivity index (χ0n) is 12.1. The summed E-state index contributed by atoms with van der Waals surface area (Å²) in [6, 6.07) is 1.90. The van der Waals surface area contributed by atoms with Gasteiger partial charge in [-0.2, -0.15) is 0 Å². The van der Waals surface area contributed by atoms with E-state index in [0.717, 1.165) is 11.0 Å². The van der Waals surface area contributed by atoms with Gasteiger partial charge in [0.2, 0.25) is 0 Å². The van der Waals surface area contributed by atoms with Gasteiger partial charge in [0, 0.05) is 18.3 Å². The van der Waals surface area contributed by atoms with E-state index in [4.69, 9.17) is 20.9 Å². The number of hydrogen-bond donors (Lipinski definition) is 1. The zero-order chi connectivity index (χ0) is 14.3. The summed E-state index contributed by atoms with van der Waals surface area (Å²) >= 11 is 6.17. The summed E-state index contributed by atoms with van der Waals surface area (Å²) in [5.41, 5.74) is 1.15. The largest absolute Gasteiger partial charge is 0.495 e. The molecule has 0 saturated carbocycles. The van der Waals surface area contributed by atoms with Crippen molar-refractivity contribution >= 4 is 24.2 Å². The lowest BCUT2D eigenvalue weighted by molar-refractivity contribution is 0.00578. The number of hydrogen-bond acceptors (Lipinski definition) is 4. The highest BCUT2D eigenvalue weighted by atomic mass is 35.5. The average Bonchev–Trinajstić information content (AvgIpc) is 2.51. The van der Waals surface area contributed by atoms with E-state index in [9.17, 15) is 0 Å². The maximum absolute atomic E-state index is 6.17. The van der Waals surface area contributed by atoms with Crippen molar-refractivity contribution < 1.29 is 9.31 Å². The highest BCUT2D eigenvalue weighted by Crippen LogP contribution is 2.36. The molecule has 0 spiro atoms. The van der Waals surface area contributed by atoms with E-state index >= 15 is 0 Å². The summed E-state index contributed by atoms with van der Waals surface area (Å²) in [5.74, 6) is 0. The Balaban J connectivity index is 2.37. The summed E-state index contributed by atoms with van der Waals surface area (Å²) in [6.07, 6.45) is 1.68. The molecule has 104 valence electrons. The van der Waals surface area contributed by atoms with Gasteiger partial charge in [-0.15, -0.1) is 0 Å². The molecular weight excluding hydrogens is 262 g/mol. The number of nitrogens with zero attached hydrogens (tertiary/aromatic N) is 1. The van der Waals surface area contributed by atoms with Gasteiger partial charge in [-0.1, -0.05) is 11.6 Å². The Labute approximate surface area is 120 Å². The molecule has 1 fully saturated rings. The molecular formula is C13H20BClN2O2. The molecule has 1 aliphatic rings. The third kappa shape index (κ3) is 2.65. The monoisotopic (exact) mass is 282 g/mol. The SMILES string of the molecule is CNCc1c(B2OC(C)(C)C(C)(C)O2)ccnc1Cl. The molecule has 1 aliphatic heterocycles. The van der Waals surface area contributed by atoms with E-state index in [-0.39, 0.29) is 11.2 Å². The van der Waals surface area contributed by atoms with Crippen LogP contribution in [0.2, 0.25) is 5.15 Å². The lowest BCUT2D eigenvalue weighted by atomic mass is 9.76. The minimum absolute atomic E-state index is 0.357. The molecule has 0 atom stereocenters. The second-order valence-corrected chi connectivity index (χ2v) is 6.15. The Hall–Kier alpha value is -0.615. The Morgan fingerprint density at radius 2 is 1.84 bits per heavy atom. The average molecular weight is 283 g/mol. The summed E-state index contributed by atoms with van der Waals surface area (Å²) in [5, 5.41) is 3.58. The van der Waals surface area contributed by atoms with Crippen molar-refractivity contribution in [2.45, 2.75) is 45.4 Å². The molecule has 2 rings (SSSR count). The molecule has 2 heterocycles. The van der Waals surface area contributed by atoms with Crippen molar-refractivity contribution in [1.29, 1.82) is 0 Å². The summed E-state index contributed by atoms with van der Waals surface area (Å²) in [4.78, 5) is 4.12. The van der Waals surface area contributed by atoms with Crippen LogP contribution in [-0.4, -0.2) is 30.4 Å². The van der Waals surface area contributed by atoms with Crippen LogP contribution in [-0.2, 0) is 15.9 Å².